The van der Waals surface area contributed by atoms with E-state index in [9.17, 15) is 0 Å². The van der Waals surface area contributed by atoms with Crippen LogP contribution in [0.1, 0.15) is 12.5 Å². The third kappa shape index (κ3) is 2.56. The van der Waals surface area contributed by atoms with E-state index >= 15 is 0 Å². The zero-order valence-corrected chi connectivity index (χ0v) is 10.7. The number of benzene rings is 2. The Morgan fingerprint density at radius 1 is 1.06 bits per heavy atom. The first kappa shape index (κ1) is 12.3. The highest BCUT2D eigenvalue weighted by Crippen LogP contribution is 2.32. The van der Waals surface area contributed by atoms with Gasteiger partial charge in [0.2, 0.25) is 0 Å². The van der Waals surface area contributed by atoms with Crippen LogP contribution in [0.2, 0.25) is 0 Å². The Balaban J connectivity index is 2.30. The van der Waals surface area contributed by atoms with Gasteiger partial charge in [0.25, 0.3) is 0 Å². The molecule has 3 nitrogen and oxygen atoms in total. The molecule has 0 atom stereocenters. The van der Waals surface area contributed by atoms with Crippen molar-refractivity contribution in [3.63, 3.8) is 0 Å². The number of para-hydroxylation sites is 2. The van der Waals surface area contributed by atoms with E-state index in [4.69, 9.17) is 10.5 Å². The van der Waals surface area contributed by atoms with Crippen LogP contribution < -0.4 is 15.8 Å². The van der Waals surface area contributed by atoms with E-state index in [0.717, 1.165) is 17.1 Å². The number of nitrogens with two attached hydrogens (primary N) is 1. The van der Waals surface area contributed by atoms with Crippen molar-refractivity contribution in [2.75, 3.05) is 17.7 Å². The summed E-state index contributed by atoms with van der Waals surface area (Å²) < 4.78 is 5.48. The second-order valence-electron chi connectivity index (χ2n) is 4.09. The molecule has 0 aliphatic carbocycles. The Hall–Kier alpha value is -2.16. The maximum Gasteiger partial charge on any atom is 0.144 e. The third-order valence-electron chi connectivity index (χ3n) is 2.78. The molecule has 0 fully saturated rings. The zero-order valence-electron chi connectivity index (χ0n) is 10.7. The number of nitrogens with one attached hydrogen (secondary N) is 1. The predicted octanol–water partition coefficient (Wildman–Crippen LogP) is 3.72. The number of aryl methyl sites for hydroxylation is 1. The quantitative estimate of drug-likeness (QED) is 0.803. The molecule has 0 spiro atoms. The molecular weight excluding hydrogens is 224 g/mol. The smallest absolute Gasteiger partial charge is 0.144 e. The molecule has 2 aromatic carbocycles. The molecule has 3 N–H and O–H groups in total. The zero-order chi connectivity index (χ0) is 13.0. The summed E-state index contributed by atoms with van der Waals surface area (Å²) in [7, 11) is 0. The van der Waals surface area contributed by atoms with Gasteiger partial charge < -0.3 is 15.8 Å². The molecule has 0 saturated carbocycles. The van der Waals surface area contributed by atoms with Crippen LogP contribution in [0.5, 0.6) is 5.75 Å². The van der Waals surface area contributed by atoms with Gasteiger partial charge in [-0.05, 0) is 37.6 Å². The Morgan fingerprint density at radius 2 is 1.78 bits per heavy atom. The first-order valence-corrected chi connectivity index (χ1v) is 6.06. The minimum absolute atomic E-state index is 0.609. The van der Waals surface area contributed by atoms with E-state index in [1.54, 1.807) is 0 Å². The van der Waals surface area contributed by atoms with Gasteiger partial charge in [0.05, 0.1) is 18.0 Å². The molecule has 94 valence electrons. The highest BCUT2D eigenvalue weighted by atomic mass is 16.5. The van der Waals surface area contributed by atoms with Crippen LogP contribution in [0, 0.1) is 6.92 Å². The van der Waals surface area contributed by atoms with Gasteiger partial charge in [0, 0.05) is 5.69 Å². The summed E-state index contributed by atoms with van der Waals surface area (Å²) in [5, 5.41) is 3.33. The first-order valence-electron chi connectivity index (χ1n) is 6.06. The molecule has 0 aliphatic heterocycles. The van der Waals surface area contributed by atoms with Crippen molar-refractivity contribution in [2.24, 2.45) is 0 Å². The summed E-state index contributed by atoms with van der Waals surface area (Å²) in [6.45, 7) is 4.61. The van der Waals surface area contributed by atoms with Crippen LogP contribution in [0.3, 0.4) is 0 Å². The van der Waals surface area contributed by atoms with E-state index in [1.807, 2.05) is 43.3 Å². The normalized spacial score (nSPS) is 10.1. The lowest BCUT2D eigenvalue weighted by atomic mass is 10.2. The van der Waals surface area contributed by atoms with Gasteiger partial charge >= 0.3 is 0 Å². The largest absolute Gasteiger partial charge is 0.492 e. The average Bonchev–Trinajstić information content (AvgIpc) is 2.37. The maximum atomic E-state index is 6.08. The van der Waals surface area contributed by atoms with E-state index in [1.165, 1.54) is 5.56 Å². The second-order valence-corrected chi connectivity index (χ2v) is 4.09. The fraction of sp³-hybridized carbons (Fsp3) is 0.200. The highest BCUT2D eigenvalue weighted by molar-refractivity contribution is 5.78. The molecule has 0 heterocycles. The number of rotatable bonds is 4. The molecule has 0 aliphatic rings. The van der Waals surface area contributed by atoms with Gasteiger partial charge in [-0.15, -0.1) is 0 Å². The standard InChI is InChI=1S/C15H18N2O/c1-3-18-14-10-6-9-13(15(14)16)17-12-8-5-4-7-11(12)2/h4-10,17H,3,16H2,1-2H3. The van der Waals surface area contributed by atoms with Gasteiger partial charge in [-0.3, -0.25) is 0 Å². The van der Waals surface area contributed by atoms with Crippen LogP contribution >= 0.6 is 0 Å². The van der Waals surface area contributed by atoms with Crippen molar-refractivity contribution < 1.29 is 4.74 Å². The molecule has 2 rings (SSSR count). The van der Waals surface area contributed by atoms with Crippen LogP contribution in [0.4, 0.5) is 17.1 Å². The van der Waals surface area contributed by atoms with Crippen LogP contribution in [-0.4, -0.2) is 6.61 Å². The molecule has 0 radical (unpaired) electrons. The van der Waals surface area contributed by atoms with Crippen molar-refractivity contribution in [2.45, 2.75) is 13.8 Å². The molecule has 0 bridgehead atoms. The fourth-order valence-electron chi connectivity index (χ4n) is 1.79. The van der Waals surface area contributed by atoms with Crippen molar-refractivity contribution in [1.29, 1.82) is 0 Å². The predicted molar refractivity (Wildman–Crippen MR) is 76.5 cm³/mol. The van der Waals surface area contributed by atoms with Gasteiger partial charge in [0.1, 0.15) is 5.75 Å². The van der Waals surface area contributed by atoms with Crippen molar-refractivity contribution in [3.8, 4) is 5.75 Å². The topological polar surface area (TPSA) is 47.3 Å². The lowest BCUT2D eigenvalue weighted by Crippen LogP contribution is -2.01. The van der Waals surface area contributed by atoms with Crippen LogP contribution in [0.25, 0.3) is 0 Å². The Morgan fingerprint density at radius 3 is 2.50 bits per heavy atom. The Bertz CT molecular complexity index is 538. The summed E-state index contributed by atoms with van der Waals surface area (Å²) in [6.07, 6.45) is 0. The number of hydrogen-bond acceptors (Lipinski definition) is 3. The van der Waals surface area contributed by atoms with E-state index < -0.39 is 0 Å². The second kappa shape index (κ2) is 5.45. The van der Waals surface area contributed by atoms with Crippen LogP contribution in [-0.2, 0) is 0 Å². The average molecular weight is 242 g/mol. The molecule has 18 heavy (non-hydrogen) atoms. The fourth-order valence-corrected chi connectivity index (χ4v) is 1.79. The number of ether oxygens (including phenoxy) is 1. The third-order valence-corrected chi connectivity index (χ3v) is 2.78. The number of hydrogen-bond donors (Lipinski definition) is 2. The summed E-state index contributed by atoms with van der Waals surface area (Å²) in [5.41, 5.74) is 9.82. The first-order chi connectivity index (χ1) is 8.72. The summed E-state index contributed by atoms with van der Waals surface area (Å²) in [4.78, 5) is 0. The van der Waals surface area contributed by atoms with Gasteiger partial charge in [0.15, 0.2) is 0 Å². The minimum Gasteiger partial charge on any atom is -0.492 e. The number of nitrogen functional groups attached to an aromatic ring is 1. The monoisotopic (exact) mass is 242 g/mol. The molecular formula is C15H18N2O. The summed E-state index contributed by atoms with van der Waals surface area (Å²) in [5.74, 6) is 0.719. The van der Waals surface area contributed by atoms with Crippen LogP contribution in [0.15, 0.2) is 42.5 Å². The molecule has 0 aromatic heterocycles. The SMILES string of the molecule is CCOc1cccc(Nc2ccccc2C)c1N. The van der Waals surface area contributed by atoms with Crippen molar-refractivity contribution in [3.05, 3.63) is 48.0 Å². The molecule has 0 unspecified atom stereocenters. The number of anilines is 3. The van der Waals surface area contributed by atoms with Gasteiger partial charge in [-0.1, -0.05) is 24.3 Å². The Kier molecular flexibility index (Phi) is 3.72. The lowest BCUT2D eigenvalue weighted by molar-refractivity contribution is 0.342. The van der Waals surface area contributed by atoms with E-state index in [2.05, 4.69) is 18.3 Å². The van der Waals surface area contributed by atoms with E-state index in [0.29, 0.717) is 12.3 Å². The maximum absolute atomic E-state index is 6.08. The molecule has 2 aromatic rings. The Labute approximate surface area is 108 Å². The van der Waals surface area contributed by atoms with Crippen molar-refractivity contribution in [1.82, 2.24) is 0 Å². The van der Waals surface area contributed by atoms with Gasteiger partial charge in [-0.25, -0.2) is 0 Å². The molecule has 3 heteroatoms. The highest BCUT2D eigenvalue weighted by Gasteiger charge is 2.06. The summed E-state index contributed by atoms with van der Waals surface area (Å²) in [6, 6.07) is 13.9. The molecule has 0 amide bonds. The summed E-state index contributed by atoms with van der Waals surface area (Å²) >= 11 is 0. The van der Waals surface area contributed by atoms with Gasteiger partial charge in [-0.2, -0.15) is 0 Å². The lowest BCUT2D eigenvalue weighted by Gasteiger charge is -2.14. The van der Waals surface area contributed by atoms with Crippen molar-refractivity contribution >= 4 is 17.1 Å². The minimum atomic E-state index is 0.609. The molecule has 0 saturated heterocycles. The van der Waals surface area contributed by atoms with E-state index in [-0.39, 0.29) is 0 Å².